The van der Waals surface area contributed by atoms with Crippen molar-refractivity contribution in [3.05, 3.63) is 108 Å². The minimum atomic E-state index is -0.0744. The molecule has 0 bridgehead atoms. The number of nitrogens with zero attached hydrogens (tertiary/aromatic N) is 4. The van der Waals surface area contributed by atoms with Crippen LogP contribution < -0.4 is 9.30 Å². The number of ether oxygens (including phenoxy) is 1. The molecule has 0 aliphatic heterocycles. The van der Waals surface area contributed by atoms with Gasteiger partial charge in [-0.05, 0) is 46.9 Å². The van der Waals surface area contributed by atoms with Crippen LogP contribution in [0.1, 0.15) is 58.4 Å². The molecule has 0 fully saturated rings. The van der Waals surface area contributed by atoms with Gasteiger partial charge in [-0.1, -0.05) is 70.9 Å². The SMILES string of the molecule is Cc1c[n+](C)[c-]n1-c1[c-]c(Oc2[c-]c3c(cc2)c2ccccc2n3-c2cc(C(C)(C)C)ccn2)cc(C(C)(C)C)c1.[Pt]. The fourth-order valence-corrected chi connectivity index (χ4v) is 5.28. The van der Waals surface area contributed by atoms with Gasteiger partial charge in [0.25, 0.3) is 0 Å². The maximum absolute atomic E-state index is 6.52. The van der Waals surface area contributed by atoms with E-state index in [1.165, 1.54) is 5.56 Å². The number of imidazole rings is 1. The number of aromatic nitrogens is 4. The van der Waals surface area contributed by atoms with E-state index in [9.17, 15) is 0 Å². The van der Waals surface area contributed by atoms with E-state index >= 15 is 0 Å². The molecule has 0 saturated heterocycles. The van der Waals surface area contributed by atoms with Crippen LogP contribution in [0.5, 0.6) is 11.5 Å². The quantitative estimate of drug-likeness (QED) is 0.137. The Morgan fingerprint density at radius 3 is 2.24 bits per heavy atom. The first-order valence-corrected chi connectivity index (χ1v) is 14.0. The van der Waals surface area contributed by atoms with Crippen molar-refractivity contribution >= 4 is 21.8 Å². The summed E-state index contributed by atoms with van der Waals surface area (Å²) in [6.07, 6.45) is 7.28. The predicted octanol–water partition coefficient (Wildman–Crippen LogP) is 7.89. The number of para-hydroxylation sites is 1. The summed E-state index contributed by atoms with van der Waals surface area (Å²) in [6, 6.07) is 28.1. The summed E-state index contributed by atoms with van der Waals surface area (Å²) in [4.78, 5) is 4.79. The molecule has 0 spiro atoms. The van der Waals surface area contributed by atoms with Crippen LogP contribution in [0.25, 0.3) is 33.3 Å². The molecule has 0 amide bonds. The molecule has 0 atom stereocenters. The van der Waals surface area contributed by atoms with E-state index in [-0.39, 0.29) is 31.9 Å². The van der Waals surface area contributed by atoms with Gasteiger partial charge in [0, 0.05) is 56.2 Å². The third kappa shape index (κ3) is 5.55. The zero-order valence-electron chi connectivity index (χ0n) is 25.4. The Morgan fingerprint density at radius 1 is 0.810 bits per heavy atom. The van der Waals surface area contributed by atoms with E-state index in [4.69, 9.17) is 9.72 Å². The number of fused-ring (bicyclic) bond motifs is 3. The van der Waals surface area contributed by atoms with Crippen molar-refractivity contribution in [1.82, 2.24) is 14.1 Å². The normalized spacial score (nSPS) is 12.1. The van der Waals surface area contributed by atoms with Gasteiger partial charge < -0.3 is 18.4 Å². The van der Waals surface area contributed by atoms with Crippen LogP contribution in [0, 0.1) is 25.4 Å². The van der Waals surface area contributed by atoms with Gasteiger partial charge in [0.2, 0.25) is 6.33 Å². The number of pyridine rings is 1. The summed E-state index contributed by atoms with van der Waals surface area (Å²) in [7, 11) is 1.98. The van der Waals surface area contributed by atoms with Gasteiger partial charge in [-0.15, -0.1) is 29.7 Å². The standard InChI is InChI=1S/C36H36N4O.Pt/c1-24-22-38(8)23-39(24)27-17-26(36(5,6)7)18-29(20-27)41-28-13-14-31-30-11-9-10-12-32(30)40(33(31)21-28)34-19-25(15-16-37-34)35(2,3)4;/h9-19,22H,1-8H3;/q-2;. The van der Waals surface area contributed by atoms with E-state index in [0.29, 0.717) is 11.5 Å². The van der Waals surface area contributed by atoms with Gasteiger partial charge in [-0.2, -0.15) is 17.7 Å². The van der Waals surface area contributed by atoms with Crippen LogP contribution in [-0.2, 0) is 38.9 Å². The molecule has 3 heterocycles. The minimum Gasteiger partial charge on any atom is -0.510 e. The molecule has 0 saturated carbocycles. The van der Waals surface area contributed by atoms with Crippen LogP contribution in [0.2, 0.25) is 0 Å². The number of hydrogen-bond acceptors (Lipinski definition) is 2. The zero-order chi connectivity index (χ0) is 29.1. The number of aryl methyl sites for hydroxylation is 2. The Balaban J connectivity index is 0.00000353. The van der Waals surface area contributed by atoms with Crippen LogP contribution in [0.3, 0.4) is 0 Å². The first-order valence-electron chi connectivity index (χ1n) is 14.0. The molecule has 5 nitrogen and oxygen atoms in total. The van der Waals surface area contributed by atoms with Gasteiger partial charge in [0.1, 0.15) is 5.82 Å². The van der Waals surface area contributed by atoms with Gasteiger partial charge in [0.05, 0.1) is 7.05 Å². The van der Waals surface area contributed by atoms with Crippen LogP contribution in [0.4, 0.5) is 0 Å². The smallest absolute Gasteiger partial charge is 0.241 e. The molecule has 0 radical (unpaired) electrons. The second kappa shape index (κ2) is 10.9. The molecule has 3 aromatic heterocycles. The van der Waals surface area contributed by atoms with Gasteiger partial charge in [-0.25, -0.2) is 4.98 Å². The van der Waals surface area contributed by atoms with E-state index in [1.54, 1.807) is 0 Å². The van der Waals surface area contributed by atoms with Crippen molar-refractivity contribution in [2.45, 2.75) is 59.3 Å². The summed E-state index contributed by atoms with van der Waals surface area (Å²) in [6.45, 7) is 15.3. The van der Waals surface area contributed by atoms with Crippen molar-refractivity contribution in [1.29, 1.82) is 0 Å². The first kappa shape index (κ1) is 29.8. The second-order valence-electron chi connectivity index (χ2n) is 12.9. The second-order valence-corrected chi connectivity index (χ2v) is 12.9. The Morgan fingerprint density at radius 2 is 1.55 bits per heavy atom. The van der Waals surface area contributed by atoms with Crippen molar-refractivity contribution in [2.75, 3.05) is 0 Å². The average molecular weight is 736 g/mol. The van der Waals surface area contributed by atoms with Crippen molar-refractivity contribution in [3.63, 3.8) is 0 Å². The summed E-state index contributed by atoms with van der Waals surface area (Å²) in [5, 5.41) is 2.26. The van der Waals surface area contributed by atoms with Crippen molar-refractivity contribution < 1.29 is 30.4 Å². The van der Waals surface area contributed by atoms with E-state index < -0.39 is 0 Å². The monoisotopic (exact) mass is 735 g/mol. The molecule has 6 rings (SSSR count). The molecule has 218 valence electrons. The molecule has 0 aliphatic carbocycles. The Hall–Kier alpha value is -3.69. The van der Waals surface area contributed by atoms with Gasteiger partial charge in [-0.3, -0.25) is 0 Å². The van der Waals surface area contributed by atoms with Crippen molar-refractivity contribution in [3.8, 4) is 23.0 Å². The fraction of sp³-hybridized carbons (Fsp3) is 0.278. The Bertz CT molecular complexity index is 1920. The summed E-state index contributed by atoms with van der Waals surface area (Å²) >= 11 is 0. The van der Waals surface area contributed by atoms with E-state index in [1.807, 2.05) is 34.6 Å². The third-order valence-corrected chi connectivity index (χ3v) is 7.55. The largest absolute Gasteiger partial charge is 0.510 e. The maximum atomic E-state index is 6.52. The molecule has 0 aliphatic rings. The number of hydrogen-bond donors (Lipinski definition) is 0. The van der Waals surface area contributed by atoms with Gasteiger partial charge in [0.15, 0.2) is 0 Å². The van der Waals surface area contributed by atoms with E-state index in [0.717, 1.165) is 44.6 Å². The molecule has 42 heavy (non-hydrogen) atoms. The molecule has 0 N–H and O–H groups in total. The molecule has 3 aromatic carbocycles. The Kier molecular flexibility index (Phi) is 7.70. The van der Waals surface area contributed by atoms with Crippen LogP contribution in [-0.4, -0.2) is 14.1 Å². The van der Waals surface area contributed by atoms with Crippen LogP contribution >= 0.6 is 0 Å². The number of rotatable bonds is 4. The molecular weight excluding hydrogens is 700 g/mol. The minimum absolute atomic E-state index is 0. The maximum Gasteiger partial charge on any atom is 0.241 e. The predicted molar refractivity (Wildman–Crippen MR) is 164 cm³/mol. The first-order chi connectivity index (χ1) is 19.4. The average Bonchev–Trinajstić information content (AvgIpc) is 3.43. The molecule has 6 aromatic rings. The molecule has 6 heteroatoms. The summed E-state index contributed by atoms with van der Waals surface area (Å²) in [5.41, 5.74) is 6.30. The number of benzene rings is 3. The third-order valence-electron chi connectivity index (χ3n) is 7.55. The van der Waals surface area contributed by atoms with E-state index in [2.05, 4.69) is 126 Å². The zero-order valence-corrected chi connectivity index (χ0v) is 27.7. The van der Waals surface area contributed by atoms with Crippen LogP contribution in [0.15, 0.2) is 73.1 Å². The summed E-state index contributed by atoms with van der Waals surface area (Å²) < 4.78 is 12.6. The molecular formula is C36H36N4OPt-2. The fourth-order valence-electron chi connectivity index (χ4n) is 5.28. The van der Waals surface area contributed by atoms with Gasteiger partial charge >= 0.3 is 0 Å². The Labute approximate surface area is 263 Å². The summed E-state index contributed by atoms with van der Waals surface area (Å²) in [5.74, 6) is 2.13. The van der Waals surface area contributed by atoms with Crippen molar-refractivity contribution in [2.24, 2.45) is 7.05 Å². The molecule has 0 unspecified atom stereocenters. The topological polar surface area (TPSA) is 35.9 Å².